The molecule has 1 aromatic carbocycles. The standard InChI is InChI=1S/C17H12FN5O/c18-13-6-2-1-4-12(13)9-23-10-20-16-14(23)17(24)22-15(21-16)11-5-3-7-19-8-11/h1-8,10H,9H2,(H,21,22,24). The van der Waals surface area contributed by atoms with Crippen molar-refractivity contribution < 1.29 is 4.39 Å². The fourth-order valence-corrected chi connectivity index (χ4v) is 2.56. The van der Waals surface area contributed by atoms with Crippen LogP contribution in [0.25, 0.3) is 22.6 Å². The molecule has 6 nitrogen and oxygen atoms in total. The molecular weight excluding hydrogens is 309 g/mol. The molecule has 7 heteroatoms. The molecule has 0 fully saturated rings. The Balaban J connectivity index is 1.80. The number of aromatic nitrogens is 5. The summed E-state index contributed by atoms with van der Waals surface area (Å²) in [6.45, 7) is 0.209. The number of hydrogen-bond acceptors (Lipinski definition) is 4. The summed E-state index contributed by atoms with van der Waals surface area (Å²) in [4.78, 5) is 27.8. The molecule has 0 aliphatic rings. The number of nitrogens with zero attached hydrogens (tertiary/aromatic N) is 4. The van der Waals surface area contributed by atoms with Gasteiger partial charge in [-0.05, 0) is 18.2 Å². The van der Waals surface area contributed by atoms with Crippen molar-refractivity contribution in [2.75, 3.05) is 0 Å². The zero-order valence-electron chi connectivity index (χ0n) is 12.5. The zero-order chi connectivity index (χ0) is 16.5. The molecule has 0 saturated heterocycles. The quantitative estimate of drug-likeness (QED) is 0.628. The molecule has 0 radical (unpaired) electrons. The highest BCUT2D eigenvalue weighted by Gasteiger charge is 2.13. The molecule has 0 atom stereocenters. The Labute approximate surface area is 135 Å². The summed E-state index contributed by atoms with van der Waals surface area (Å²) < 4.78 is 15.4. The van der Waals surface area contributed by atoms with Crippen molar-refractivity contribution in [3.63, 3.8) is 0 Å². The van der Waals surface area contributed by atoms with Crippen LogP contribution in [0.4, 0.5) is 4.39 Å². The second-order valence-corrected chi connectivity index (χ2v) is 5.29. The van der Waals surface area contributed by atoms with Gasteiger partial charge in [-0.2, -0.15) is 0 Å². The second-order valence-electron chi connectivity index (χ2n) is 5.29. The van der Waals surface area contributed by atoms with Crippen LogP contribution in [0.1, 0.15) is 5.56 Å². The number of fused-ring (bicyclic) bond motifs is 1. The average Bonchev–Trinajstić information content (AvgIpc) is 3.01. The smallest absolute Gasteiger partial charge is 0.277 e. The van der Waals surface area contributed by atoms with Crippen molar-refractivity contribution in [1.82, 2.24) is 24.5 Å². The number of H-pyrrole nitrogens is 1. The highest BCUT2D eigenvalue weighted by Crippen LogP contribution is 2.16. The lowest BCUT2D eigenvalue weighted by Gasteiger charge is -2.05. The van der Waals surface area contributed by atoms with Crippen LogP contribution in [0.3, 0.4) is 0 Å². The van der Waals surface area contributed by atoms with E-state index in [4.69, 9.17) is 0 Å². The molecule has 118 valence electrons. The number of pyridine rings is 1. The van der Waals surface area contributed by atoms with Gasteiger partial charge in [-0.25, -0.2) is 14.4 Å². The first-order valence-corrected chi connectivity index (χ1v) is 7.31. The topological polar surface area (TPSA) is 76.5 Å². The molecule has 24 heavy (non-hydrogen) atoms. The molecule has 3 heterocycles. The summed E-state index contributed by atoms with van der Waals surface area (Å²) in [5.41, 5.74) is 1.47. The van der Waals surface area contributed by atoms with E-state index in [-0.39, 0.29) is 17.9 Å². The van der Waals surface area contributed by atoms with Crippen molar-refractivity contribution in [2.45, 2.75) is 6.54 Å². The van der Waals surface area contributed by atoms with E-state index in [1.54, 1.807) is 47.3 Å². The van der Waals surface area contributed by atoms with Gasteiger partial charge in [0.05, 0.1) is 12.9 Å². The number of nitrogens with one attached hydrogen (secondary N) is 1. The normalized spacial score (nSPS) is 11.0. The Hall–Kier alpha value is -3.35. The Bertz CT molecular complexity index is 1070. The Kier molecular flexibility index (Phi) is 3.38. The number of rotatable bonds is 3. The molecule has 0 saturated carbocycles. The lowest BCUT2D eigenvalue weighted by molar-refractivity contribution is 0.601. The predicted octanol–water partition coefficient (Wildman–Crippen LogP) is 2.37. The molecule has 0 aliphatic carbocycles. The van der Waals surface area contributed by atoms with Crippen LogP contribution in [-0.4, -0.2) is 24.5 Å². The number of hydrogen-bond donors (Lipinski definition) is 1. The molecule has 3 aromatic heterocycles. The van der Waals surface area contributed by atoms with Gasteiger partial charge in [0.15, 0.2) is 11.2 Å². The van der Waals surface area contributed by atoms with Crippen molar-refractivity contribution in [2.24, 2.45) is 0 Å². The van der Waals surface area contributed by atoms with Gasteiger partial charge in [-0.1, -0.05) is 18.2 Å². The Morgan fingerprint density at radius 1 is 1.17 bits per heavy atom. The monoisotopic (exact) mass is 321 g/mol. The molecule has 1 N–H and O–H groups in total. The van der Waals surface area contributed by atoms with Crippen LogP contribution in [0.2, 0.25) is 0 Å². The maximum atomic E-state index is 13.8. The third kappa shape index (κ3) is 2.45. The third-order valence-electron chi connectivity index (χ3n) is 3.72. The Morgan fingerprint density at radius 3 is 2.83 bits per heavy atom. The highest BCUT2D eigenvalue weighted by molar-refractivity contribution is 5.72. The molecule has 0 aliphatic heterocycles. The number of imidazole rings is 1. The summed E-state index contributed by atoms with van der Waals surface area (Å²) in [7, 11) is 0. The SMILES string of the molecule is O=c1[nH]c(-c2cccnc2)nc2ncn(Cc3ccccc3F)c12. The number of aromatic amines is 1. The van der Waals surface area contributed by atoms with Crippen LogP contribution in [0, 0.1) is 5.82 Å². The van der Waals surface area contributed by atoms with E-state index in [9.17, 15) is 9.18 Å². The fourth-order valence-electron chi connectivity index (χ4n) is 2.56. The van der Waals surface area contributed by atoms with Crippen LogP contribution in [-0.2, 0) is 6.54 Å². The van der Waals surface area contributed by atoms with E-state index in [1.165, 1.54) is 12.4 Å². The molecule has 0 amide bonds. The predicted molar refractivity (Wildman–Crippen MR) is 86.9 cm³/mol. The van der Waals surface area contributed by atoms with Crippen molar-refractivity contribution in [1.29, 1.82) is 0 Å². The summed E-state index contributed by atoms with van der Waals surface area (Å²) in [5.74, 6) is 0.0764. The van der Waals surface area contributed by atoms with E-state index < -0.39 is 0 Å². The van der Waals surface area contributed by atoms with E-state index in [1.807, 2.05) is 0 Å². The minimum Gasteiger partial charge on any atom is -0.320 e. The van der Waals surface area contributed by atoms with Crippen LogP contribution in [0.15, 0.2) is 59.9 Å². The molecule has 0 unspecified atom stereocenters. The van der Waals surface area contributed by atoms with Gasteiger partial charge in [0.25, 0.3) is 5.56 Å². The van der Waals surface area contributed by atoms with Crippen LogP contribution in [0.5, 0.6) is 0 Å². The lowest BCUT2D eigenvalue weighted by Crippen LogP contribution is -2.14. The van der Waals surface area contributed by atoms with Crippen LogP contribution >= 0.6 is 0 Å². The van der Waals surface area contributed by atoms with Gasteiger partial charge >= 0.3 is 0 Å². The van der Waals surface area contributed by atoms with E-state index in [0.717, 1.165) is 0 Å². The first kappa shape index (κ1) is 14.3. The Morgan fingerprint density at radius 2 is 2.04 bits per heavy atom. The summed E-state index contributed by atoms with van der Waals surface area (Å²) in [5, 5.41) is 0. The summed E-state index contributed by atoms with van der Waals surface area (Å²) in [6.07, 6.45) is 4.75. The van der Waals surface area contributed by atoms with Crippen molar-refractivity contribution >= 4 is 11.2 Å². The van der Waals surface area contributed by atoms with Crippen molar-refractivity contribution in [3.8, 4) is 11.4 Å². The van der Waals surface area contributed by atoms with Gasteiger partial charge in [0.2, 0.25) is 0 Å². The maximum Gasteiger partial charge on any atom is 0.277 e. The van der Waals surface area contributed by atoms with Crippen LogP contribution < -0.4 is 5.56 Å². The van der Waals surface area contributed by atoms with Crippen molar-refractivity contribution in [3.05, 3.63) is 76.9 Å². The van der Waals surface area contributed by atoms with Gasteiger partial charge in [-0.15, -0.1) is 0 Å². The van der Waals surface area contributed by atoms with Gasteiger partial charge in [-0.3, -0.25) is 9.78 Å². The van der Waals surface area contributed by atoms with Gasteiger partial charge in [0.1, 0.15) is 11.6 Å². The molecular formula is C17H12FN5O. The minimum absolute atomic E-state index is 0.209. The summed E-state index contributed by atoms with van der Waals surface area (Å²) in [6, 6.07) is 9.99. The highest BCUT2D eigenvalue weighted by atomic mass is 19.1. The lowest BCUT2D eigenvalue weighted by atomic mass is 10.2. The molecule has 4 aromatic rings. The maximum absolute atomic E-state index is 13.8. The third-order valence-corrected chi connectivity index (χ3v) is 3.72. The number of halogens is 1. The molecule has 4 rings (SSSR count). The molecule has 0 spiro atoms. The molecule has 0 bridgehead atoms. The van der Waals surface area contributed by atoms with E-state index in [0.29, 0.717) is 28.1 Å². The first-order valence-electron chi connectivity index (χ1n) is 7.31. The zero-order valence-corrected chi connectivity index (χ0v) is 12.5. The summed E-state index contributed by atoms with van der Waals surface area (Å²) >= 11 is 0. The first-order chi connectivity index (χ1) is 11.7. The van der Waals surface area contributed by atoms with E-state index in [2.05, 4.69) is 19.9 Å². The number of benzene rings is 1. The largest absolute Gasteiger partial charge is 0.320 e. The fraction of sp³-hybridized carbons (Fsp3) is 0.0588. The minimum atomic E-state index is -0.326. The van der Waals surface area contributed by atoms with E-state index >= 15 is 0 Å². The second kappa shape index (κ2) is 5.69. The van der Waals surface area contributed by atoms with Gasteiger partial charge < -0.3 is 9.55 Å². The van der Waals surface area contributed by atoms with Gasteiger partial charge in [0, 0.05) is 23.5 Å². The average molecular weight is 321 g/mol.